The molecule has 0 amide bonds. The Bertz CT molecular complexity index is 1720. The Labute approximate surface area is 258 Å². The van der Waals surface area contributed by atoms with Gasteiger partial charge < -0.3 is 10.6 Å². The van der Waals surface area contributed by atoms with Gasteiger partial charge in [0, 0.05) is 23.5 Å². The quantitative estimate of drug-likeness (QED) is 0.176. The van der Waals surface area contributed by atoms with Gasteiger partial charge in [0.15, 0.2) is 0 Å². The van der Waals surface area contributed by atoms with Gasteiger partial charge in [0.25, 0.3) is 0 Å². The molecule has 0 bridgehead atoms. The minimum absolute atomic E-state index is 0.319. The maximum absolute atomic E-state index is 5.44. The third-order valence-corrected chi connectivity index (χ3v) is 9.07. The van der Waals surface area contributed by atoms with Gasteiger partial charge in [-0.25, -0.2) is 0 Å². The van der Waals surface area contributed by atoms with E-state index in [0.29, 0.717) is 0 Å². The maximum Gasteiger partial charge on any atom is 0.0765 e. The number of aromatic nitrogens is 1. The van der Waals surface area contributed by atoms with Gasteiger partial charge in [-0.05, 0) is 105 Å². The summed E-state index contributed by atoms with van der Waals surface area (Å²) in [6.45, 7) is 18.5. The van der Waals surface area contributed by atoms with Gasteiger partial charge in [0.05, 0.1) is 16.9 Å². The van der Waals surface area contributed by atoms with E-state index < -0.39 is 0 Å². The van der Waals surface area contributed by atoms with E-state index in [1.165, 1.54) is 66.7 Å². The average Bonchev–Trinajstić information content (AvgIpc) is 3.00. The number of anilines is 2. The van der Waals surface area contributed by atoms with Crippen molar-refractivity contribution in [1.82, 2.24) is 4.98 Å². The van der Waals surface area contributed by atoms with E-state index in [4.69, 9.17) is 4.98 Å². The molecule has 2 N–H and O–H groups in total. The molecule has 3 nitrogen and oxygen atoms in total. The van der Waals surface area contributed by atoms with E-state index in [2.05, 4.69) is 145 Å². The highest BCUT2D eigenvalue weighted by molar-refractivity contribution is 5.98. The molecule has 5 rings (SSSR count). The van der Waals surface area contributed by atoms with Crippen molar-refractivity contribution in [3.63, 3.8) is 0 Å². The van der Waals surface area contributed by atoms with Crippen LogP contribution in [0.3, 0.4) is 0 Å². The fraction of sp³-hybridized carbons (Fsp3) is 0.325. The molecular formula is C40H47N3. The first-order valence-corrected chi connectivity index (χ1v) is 15.9. The van der Waals surface area contributed by atoms with Crippen LogP contribution in [-0.2, 0) is 24.9 Å². The van der Waals surface area contributed by atoms with Gasteiger partial charge in [-0.1, -0.05) is 98.6 Å². The molecule has 43 heavy (non-hydrogen) atoms. The first-order chi connectivity index (χ1) is 20.7. The summed E-state index contributed by atoms with van der Waals surface area (Å²) in [5.41, 5.74) is 14.5. The fourth-order valence-corrected chi connectivity index (χ4v) is 6.46. The number of pyridine rings is 1. The molecule has 0 aliphatic heterocycles. The number of aryl methyl sites for hydroxylation is 6. The largest absolute Gasteiger partial charge is 0.381 e. The second-order valence-electron chi connectivity index (χ2n) is 12.3. The molecule has 1 heterocycles. The van der Waals surface area contributed by atoms with Crippen molar-refractivity contribution < 1.29 is 0 Å². The van der Waals surface area contributed by atoms with E-state index in [-0.39, 0.29) is 5.54 Å². The predicted molar refractivity (Wildman–Crippen MR) is 186 cm³/mol. The van der Waals surface area contributed by atoms with Crippen molar-refractivity contribution in [2.45, 2.75) is 86.7 Å². The van der Waals surface area contributed by atoms with E-state index >= 15 is 0 Å². The molecule has 1 atom stereocenters. The normalized spacial score (nSPS) is 12.7. The molecule has 4 aromatic carbocycles. The second kappa shape index (κ2) is 12.6. The number of hydrogen-bond acceptors (Lipinski definition) is 3. The fourth-order valence-electron chi connectivity index (χ4n) is 6.46. The lowest BCUT2D eigenvalue weighted by atomic mass is 9.90. The van der Waals surface area contributed by atoms with Crippen molar-refractivity contribution in [1.29, 1.82) is 0 Å². The molecule has 0 radical (unpaired) electrons. The van der Waals surface area contributed by atoms with Gasteiger partial charge in [-0.15, -0.1) is 0 Å². The summed E-state index contributed by atoms with van der Waals surface area (Å²) >= 11 is 0. The summed E-state index contributed by atoms with van der Waals surface area (Å²) in [7, 11) is 0. The highest BCUT2D eigenvalue weighted by atomic mass is 15.0. The predicted octanol–water partition coefficient (Wildman–Crippen LogP) is 10.6. The zero-order chi connectivity index (χ0) is 30.7. The van der Waals surface area contributed by atoms with Crippen molar-refractivity contribution in [2.75, 3.05) is 10.6 Å². The Balaban J connectivity index is 1.61. The lowest BCUT2D eigenvalue weighted by Gasteiger charge is -2.33. The lowest BCUT2D eigenvalue weighted by Crippen LogP contribution is -2.33. The minimum Gasteiger partial charge on any atom is -0.381 e. The van der Waals surface area contributed by atoms with Crippen LogP contribution in [0.1, 0.15) is 78.8 Å². The number of para-hydroxylation sites is 1. The highest BCUT2D eigenvalue weighted by Crippen LogP contribution is 2.37. The van der Waals surface area contributed by atoms with Crippen LogP contribution in [0.25, 0.3) is 22.0 Å². The number of nitrogens with zero attached hydrogens (tertiary/aromatic N) is 1. The number of benzene rings is 4. The van der Waals surface area contributed by atoms with E-state index in [1.54, 1.807) is 0 Å². The Morgan fingerprint density at radius 3 is 1.98 bits per heavy atom. The average molecular weight is 570 g/mol. The Morgan fingerprint density at radius 2 is 1.33 bits per heavy atom. The molecule has 0 saturated heterocycles. The van der Waals surface area contributed by atoms with Crippen molar-refractivity contribution in [2.24, 2.45) is 0 Å². The standard InChI is InChI=1S/C40H47N3/c1-9-30-14-12-15-31(10-2)39(30)43-40(8,11-3)36-17-13-16-35(42-36)37-33(21-20-32-19-18-26(4)24-34(32)37)25-41-38-28(6)22-27(5)23-29(38)7/h12-24,41,43H,9-11,25H2,1-8H3. The highest BCUT2D eigenvalue weighted by Gasteiger charge is 2.28. The van der Waals surface area contributed by atoms with Crippen LogP contribution in [0.4, 0.5) is 11.4 Å². The Morgan fingerprint density at radius 1 is 0.674 bits per heavy atom. The van der Waals surface area contributed by atoms with Gasteiger partial charge in [-0.3, -0.25) is 4.98 Å². The third kappa shape index (κ3) is 6.18. The zero-order valence-corrected chi connectivity index (χ0v) is 27.3. The number of fused-ring (bicyclic) bond motifs is 1. The Hall–Kier alpha value is -4.11. The molecule has 5 aromatic rings. The first-order valence-electron chi connectivity index (χ1n) is 15.9. The van der Waals surface area contributed by atoms with E-state index in [0.717, 1.165) is 37.2 Å². The molecular weight excluding hydrogens is 522 g/mol. The van der Waals surface area contributed by atoms with Gasteiger partial charge in [0.1, 0.15) is 0 Å². The molecule has 0 spiro atoms. The molecule has 222 valence electrons. The van der Waals surface area contributed by atoms with E-state index in [1.807, 2.05) is 0 Å². The van der Waals surface area contributed by atoms with Crippen LogP contribution < -0.4 is 10.6 Å². The number of hydrogen-bond donors (Lipinski definition) is 2. The lowest BCUT2D eigenvalue weighted by molar-refractivity contribution is 0.506. The van der Waals surface area contributed by atoms with Crippen LogP contribution in [-0.4, -0.2) is 4.98 Å². The number of nitrogens with one attached hydrogen (secondary N) is 2. The molecule has 1 unspecified atom stereocenters. The minimum atomic E-state index is -0.319. The van der Waals surface area contributed by atoms with Gasteiger partial charge in [-0.2, -0.15) is 0 Å². The maximum atomic E-state index is 5.44. The summed E-state index contributed by atoms with van der Waals surface area (Å²) in [4.78, 5) is 5.44. The molecule has 3 heteroatoms. The summed E-state index contributed by atoms with van der Waals surface area (Å²) < 4.78 is 0. The zero-order valence-electron chi connectivity index (χ0n) is 27.3. The van der Waals surface area contributed by atoms with E-state index in [9.17, 15) is 0 Å². The SMILES string of the molecule is CCc1cccc(CC)c1NC(C)(CC)c1cccc(-c2c(CNc3c(C)cc(C)cc3C)ccc3ccc(C)cc23)n1. The molecule has 1 aromatic heterocycles. The molecule has 0 aliphatic rings. The summed E-state index contributed by atoms with van der Waals surface area (Å²) in [5.74, 6) is 0. The van der Waals surface area contributed by atoms with Crippen molar-refractivity contribution >= 4 is 22.1 Å². The topological polar surface area (TPSA) is 37.0 Å². The summed E-state index contributed by atoms with van der Waals surface area (Å²) in [5, 5.41) is 10.3. The smallest absolute Gasteiger partial charge is 0.0765 e. The molecule has 0 fully saturated rings. The van der Waals surface area contributed by atoms with Crippen molar-refractivity contribution in [3.05, 3.63) is 124 Å². The summed E-state index contributed by atoms with van der Waals surface area (Å²) in [6, 6.07) is 29.0. The monoisotopic (exact) mass is 569 g/mol. The molecule has 0 saturated carbocycles. The van der Waals surface area contributed by atoms with Gasteiger partial charge >= 0.3 is 0 Å². The molecule has 0 aliphatic carbocycles. The first kappa shape index (κ1) is 30.4. The van der Waals surface area contributed by atoms with Crippen LogP contribution in [0.15, 0.2) is 78.9 Å². The third-order valence-electron chi connectivity index (χ3n) is 9.07. The Kier molecular flexibility index (Phi) is 8.92. The van der Waals surface area contributed by atoms with Crippen LogP contribution in [0, 0.1) is 27.7 Å². The van der Waals surface area contributed by atoms with Crippen LogP contribution in [0.2, 0.25) is 0 Å². The van der Waals surface area contributed by atoms with Gasteiger partial charge in [0.2, 0.25) is 0 Å². The second-order valence-corrected chi connectivity index (χ2v) is 12.3. The summed E-state index contributed by atoms with van der Waals surface area (Å²) in [6.07, 6.45) is 2.91. The van der Waals surface area contributed by atoms with Crippen molar-refractivity contribution in [3.8, 4) is 11.3 Å². The number of rotatable bonds is 10. The van der Waals surface area contributed by atoms with Crippen LogP contribution >= 0.6 is 0 Å². The van der Waals surface area contributed by atoms with Crippen LogP contribution in [0.5, 0.6) is 0 Å².